The van der Waals surface area contributed by atoms with Crippen LogP contribution in [0.4, 0.5) is 0 Å². The molecule has 3 rings (SSSR count). The van der Waals surface area contributed by atoms with E-state index >= 15 is 0 Å². The lowest BCUT2D eigenvalue weighted by molar-refractivity contribution is -0.138. The first-order valence-electron chi connectivity index (χ1n) is 10.2. The van der Waals surface area contributed by atoms with Gasteiger partial charge in [-0.1, -0.05) is 25.0 Å². The van der Waals surface area contributed by atoms with E-state index in [9.17, 15) is 4.79 Å². The minimum Gasteiger partial charge on any atom is -0.357 e. The molecule has 8 nitrogen and oxygen atoms in total. The summed E-state index contributed by atoms with van der Waals surface area (Å²) in [6.45, 7) is 3.98. The first-order chi connectivity index (χ1) is 14.0. The average Bonchev–Trinajstić information content (AvgIpc) is 3.43. The number of aliphatic imine (C=N–C) groups is 1. The summed E-state index contributed by atoms with van der Waals surface area (Å²) in [5.74, 6) is 0.952. The molecule has 0 unspecified atom stereocenters. The molecule has 1 aromatic heterocycles. The number of halogens is 1. The minimum atomic E-state index is -0.320. The van der Waals surface area contributed by atoms with E-state index in [0.717, 1.165) is 49.4 Å². The van der Waals surface area contributed by atoms with Crippen LogP contribution in [0.25, 0.3) is 5.69 Å². The van der Waals surface area contributed by atoms with Gasteiger partial charge < -0.3 is 15.5 Å². The normalized spacial score (nSPS) is 15.4. The van der Waals surface area contributed by atoms with Gasteiger partial charge in [0.15, 0.2) is 5.96 Å². The molecule has 1 saturated carbocycles. The number of hydrogen-bond donors (Lipinski definition) is 2. The van der Waals surface area contributed by atoms with Gasteiger partial charge in [-0.05, 0) is 37.5 Å². The lowest BCUT2D eigenvalue weighted by atomic mass is 9.84. The number of rotatable bonds is 7. The Kier molecular flexibility index (Phi) is 9.07. The highest BCUT2D eigenvalue weighted by Crippen LogP contribution is 2.38. The summed E-state index contributed by atoms with van der Waals surface area (Å²) in [6, 6.07) is 8.09. The van der Waals surface area contributed by atoms with Crippen LogP contribution in [-0.4, -0.2) is 58.7 Å². The van der Waals surface area contributed by atoms with Crippen LogP contribution in [0.3, 0.4) is 0 Å². The maximum absolute atomic E-state index is 12.8. The van der Waals surface area contributed by atoms with Crippen molar-refractivity contribution in [1.29, 1.82) is 0 Å². The van der Waals surface area contributed by atoms with Crippen molar-refractivity contribution in [1.82, 2.24) is 30.3 Å². The van der Waals surface area contributed by atoms with Gasteiger partial charge in [0, 0.05) is 27.2 Å². The summed E-state index contributed by atoms with van der Waals surface area (Å²) in [5, 5.41) is 10.8. The Morgan fingerprint density at radius 3 is 2.47 bits per heavy atom. The van der Waals surface area contributed by atoms with Crippen LogP contribution >= 0.6 is 24.0 Å². The molecule has 2 N–H and O–H groups in total. The summed E-state index contributed by atoms with van der Waals surface area (Å²) in [7, 11) is 3.68. The molecule has 30 heavy (non-hydrogen) atoms. The predicted octanol–water partition coefficient (Wildman–Crippen LogP) is 2.59. The van der Waals surface area contributed by atoms with Crippen molar-refractivity contribution in [2.45, 2.75) is 39.2 Å². The lowest BCUT2D eigenvalue weighted by Crippen LogP contribution is -2.49. The highest BCUT2D eigenvalue weighted by Gasteiger charge is 2.42. The molecule has 0 radical (unpaired) electrons. The smallest absolute Gasteiger partial charge is 0.230 e. The quantitative estimate of drug-likeness (QED) is 0.330. The summed E-state index contributed by atoms with van der Waals surface area (Å²) in [6.07, 6.45) is 7.26. The number of guanidine groups is 1. The van der Waals surface area contributed by atoms with Crippen molar-refractivity contribution < 1.29 is 4.79 Å². The fourth-order valence-electron chi connectivity index (χ4n) is 3.85. The van der Waals surface area contributed by atoms with E-state index in [-0.39, 0.29) is 35.3 Å². The van der Waals surface area contributed by atoms with Gasteiger partial charge in [0.1, 0.15) is 12.7 Å². The molecule has 164 valence electrons. The van der Waals surface area contributed by atoms with Gasteiger partial charge in [0.05, 0.1) is 17.6 Å². The van der Waals surface area contributed by atoms with Crippen molar-refractivity contribution in [3.05, 3.63) is 42.5 Å². The van der Waals surface area contributed by atoms with Gasteiger partial charge in [-0.15, -0.1) is 24.0 Å². The Bertz CT molecular complexity index is 812. The van der Waals surface area contributed by atoms with Crippen LogP contribution in [0.2, 0.25) is 0 Å². The Labute approximate surface area is 195 Å². The summed E-state index contributed by atoms with van der Waals surface area (Å²) >= 11 is 0. The van der Waals surface area contributed by atoms with Crippen LogP contribution in [0, 0.1) is 5.41 Å². The minimum absolute atomic E-state index is 0. The largest absolute Gasteiger partial charge is 0.357 e. The number of benzene rings is 1. The third-order valence-electron chi connectivity index (χ3n) is 5.40. The third-order valence-corrected chi connectivity index (χ3v) is 5.40. The molecule has 1 aliphatic rings. The van der Waals surface area contributed by atoms with Gasteiger partial charge >= 0.3 is 0 Å². The molecule has 1 fully saturated rings. The van der Waals surface area contributed by atoms with E-state index in [1.165, 1.54) is 6.33 Å². The van der Waals surface area contributed by atoms with Crippen molar-refractivity contribution in [3.8, 4) is 5.69 Å². The van der Waals surface area contributed by atoms with Gasteiger partial charge in [-0.2, -0.15) is 5.10 Å². The van der Waals surface area contributed by atoms with Crippen LogP contribution < -0.4 is 10.6 Å². The fraction of sp³-hybridized carbons (Fsp3) is 0.524. The van der Waals surface area contributed by atoms with Crippen LogP contribution in [-0.2, 0) is 11.3 Å². The van der Waals surface area contributed by atoms with Crippen LogP contribution in [0.1, 0.15) is 38.2 Å². The molecule has 0 atom stereocenters. The number of nitrogens with one attached hydrogen (secondary N) is 2. The Morgan fingerprint density at radius 1 is 1.20 bits per heavy atom. The number of carbonyl (C=O) groups excluding carboxylic acids is 1. The molecule has 1 heterocycles. The van der Waals surface area contributed by atoms with Crippen molar-refractivity contribution >= 4 is 35.8 Å². The zero-order chi connectivity index (χ0) is 20.7. The third kappa shape index (κ3) is 5.93. The van der Waals surface area contributed by atoms with E-state index in [4.69, 9.17) is 4.99 Å². The maximum atomic E-state index is 12.8. The van der Waals surface area contributed by atoms with Crippen LogP contribution in [0.15, 0.2) is 41.9 Å². The van der Waals surface area contributed by atoms with E-state index in [0.29, 0.717) is 13.1 Å². The second-order valence-electron chi connectivity index (χ2n) is 7.74. The van der Waals surface area contributed by atoms with Crippen molar-refractivity contribution in [2.24, 2.45) is 10.4 Å². The average molecular weight is 525 g/mol. The topological polar surface area (TPSA) is 87.4 Å². The standard InChI is InChI=1S/C21H31N7O.HI/c1-4-23-20(25-14-21(11-5-6-12-21)19(29)27(2)3)24-13-17-7-9-18(10-8-17)28-16-22-15-26-28;/h7-10,15-16H,4-6,11-14H2,1-3H3,(H2,23,24,25);1H. The van der Waals surface area contributed by atoms with Crippen LogP contribution in [0.5, 0.6) is 0 Å². The van der Waals surface area contributed by atoms with E-state index in [1.807, 2.05) is 45.3 Å². The van der Waals surface area contributed by atoms with E-state index in [1.54, 1.807) is 15.9 Å². The summed E-state index contributed by atoms with van der Waals surface area (Å²) in [5.41, 5.74) is 1.75. The molecule has 2 aromatic rings. The summed E-state index contributed by atoms with van der Waals surface area (Å²) in [4.78, 5) is 23.2. The van der Waals surface area contributed by atoms with E-state index < -0.39 is 0 Å². The molecule has 0 saturated heterocycles. The molecule has 0 aliphatic heterocycles. The first-order valence-corrected chi connectivity index (χ1v) is 10.2. The predicted molar refractivity (Wildman–Crippen MR) is 129 cm³/mol. The van der Waals surface area contributed by atoms with E-state index in [2.05, 4.69) is 20.7 Å². The molecular weight excluding hydrogens is 493 g/mol. The molecule has 1 aliphatic carbocycles. The second kappa shape index (κ2) is 11.3. The Balaban J connectivity index is 0.00000320. The number of nitrogens with zero attached hydrogens (tertiary/aromatic N) is 5. The number of hydrogen-bond acceptors (Lipinski definition) is 4. The fourth-order valence-corrected chi connectivity index (χ4v) is 3.85. The molecular formula is C21H32IN7O. The highest BCUT2D eigenvalue weighted by atomic mass is 127. The number of carbonyl (C=O) groups is 1. The van der Waals surface area contributed by atoms with Crippen molar-refractivity contribution in [3.63, 3.8) is 0 Å². The second-order valence-corrected chi connectivity index (χ2v) is 7.74. The van der Waals surface area contributed by atoms with Gasteiger partial charge in [0.2, 0.25) is 5.91 Å². The first kappa shape index (κ1) is 24.1. The summed E-state index contributed by atoms with van der Waals surface area (Å²) < 4.78 is 1.72. The zero-order valence-electron chi connectivity index (χ0n) is 18.0. The maximum Gasteiger partial charge on any atom is 0.230 e. The molecule has 0 spiro atoms. The Morgan fingerprint density at radius 2 is 1.90 bits per heavy atom. The molecule has 9 heteroatoms. The van der Waals surface area contributed by atoms with Gasteiger partial charge in [0.25, 0.3) is 0 Å². The molecule has 1 aromatic carbocycles. The lowest BCUT2D eigenvalue weighted by Gasteiger charge is -2.31. The van der Waals surface area contributed by atoms with Gasteiger partial charge in [-0.3, -0.25) is 4.79 Å². The SMILES string of the molecule is CCNC(=NCc1ccc(-n2cncn2)cc1)NCC1(C(=O)N(C)C)CCCC1.I. The Hall–Kier alpha value is -2.17. The molecule has 1 amide bonds. The number of amides is 1. The number of aromatic nitrogens is 3. The van der Waals surface area contributed by atoms with Crippen molar-refractivity contribution in [2.75, 3.05) is 27.2 Å². The zero-order valence-corrected chi connectivity index (χ0v) is 20.3. The van der Waals surface area contributed by atoms with Gasteiger partial charge in [-0.25, -0.2) is 14.7 Å². The monoisotopic (exact) mass is 525 g/mol. The molecule has 0 bridgehead atoms. The highest BCUT2D eigenvalue weighted by molar-refractivity contribution is 14.0.